The number of rotatable bonds is 10. The zero-order valence-electron chi connectivity index (χ0n) is 19.4. The summed E-state index contributed by atoms with van der Waals surface area (Å²) in [5.74, 6) is 0.585. The van der Waals surface area contributed by atoms with Crippen LogP contribution in [0, 0.1) is 0 Å². The molecule has 1 atom stereocenters. The van der Waals surface area contributed by atoms with Crippen LogP contribution in [0.25, 0.3) is 22.2 Å². The highest BCUT2D eigenvalue weighted by Crippen LogP contribution is 2.19. The quantitative estimate of drug-likeness (QED) is 0.242. The summed E-state index contributed by atoms with van der Waals surface area (Å²) in [4.78, 5) is 24.3. The summed E-state index contributed by atoms with van der Waals surface area (Å²) >= 11 is 0. The van der Waals surface area contributed by atoms with Crippen molar-refractivity contribution in [2.75, 3.05) is 0 Å². The van der Waals surface area contributed by atoms with Gasteiger partial charge in [0.25, 0.3) is 0 Å². The number of carbonyl (C=O) groups excluding carboxylic acids is 1. The van der Waals surface area contributed by atoms with Gasteiger partial charge in [-0.3, -0.25) is 4.79 Å². The molecule has 2 heterocycles. The van der Waals surface area contributed by atoms with Crippen molar-refractivity contribution >= 4 is 16.9 Å². The minimum absolute atomic E-state index is 0.254. The Hall–Kier alpha value is -4.16. The third-order valence-corrected chi connectivity index (χ3v) is 6.11. The number of benzene rings is 3. The largest absolute Gasteiger partial charge is 0.460 e. The number of fused-ring (bicyclic) bond motifs is 1. The number of hydrogen-bond acceptors (Lipinski definition) is 4. The van der Waals surface area contributed by atoms with Crippen molar-refractivity contribution in [3.05, 3.63) is 114 Å². The van der Waals surface area contributed by atoms with Crippen LogP contribution in [0.4, 0.5) is 0 Å². The Morgan fingerprint density at radius 3 is 2.51 bits per heavy atom. The number of aromatic amines is 2. The molecule has 0 amide bonds. The van der Waals surface area contributed by atoms with Crippen LogP contribution in [-0.2, 0) is 29.1 Å². The Labute approximate surface area is 204 Å². The zero-order valence-corrected chi connectivity index (χ0v) is 19.4. The number of nitrogens with zero attached hydrogens (tertiary/aromatic N) is 1. The van der Waals surface area contributed by atoms with E-state index >= 15 is 0 Å². The van der Waals surface area contributed by atoms with E-state index in [2.05, 4.69) is 26.3 Å². The highest BCUT2D eigenvalue weighted by atomic mass is 16.5. The summed E-state index contributed by atoms with van der Waals surface area (Å²) in [6, 6.07) is 27.5. The number of ether oxygens (including phenoxy) is 1. The maximum Gasteiger partial charge on any atom is 0.323 e. The van der Waals surface area contributed by atoms with Crippen molar-refractivity contribution < 1.29 is 9.53 Å². The van der Waals surface area contributed by atoms with Crippen molar-refractivity contribution in [2.24, 2.45) is 0 Å². The lowest BCUT2D eigenvalue weighted by Crippen LogP contribution is -2.38. The second kappa shape index (κ2) is 10.8. The van der Waals surface area contributed by atoms with E-state index in [0.29, 0.717) is 19.4 Å². The van der Waals surface area contributed by atoms with E-state index in [1.54, 1.807) is 0 Å². The second-order valence-electron chi connectivity index (χ2n) is 8.53. The van der Waals surface area contributed by atoms with Gasteiger partial charge in [-0.15, -0.1) is 0 Å². The minimum Gasteiger partial charge on any atom is -0.460 e. The number of carbonyl (C=O) groups is 1. The number of para-hydroxylation sites is 1. The first-order chi connectivity index (χ1) is 17.3. The minimum atomic E-state index is -0.461. The number of esters is 1. The SMILES string of the molecule is O=C(OCc1ccccc1)C(CCc1ncc(-c2ccccc2)[nH]1)NCc1c[nH]c2ccccc12. The third kappa shape index (κ3) is 5.67. The first kappa shape index (κ1) is 22.6. The number of aromatic nitrogens is 3. The predicted octanol–water partition coefficient (Wildman–Crippen LogP) is 5.39. The Balaban J connectivity index is 1.26. The van der Waals surface area contributed by atoms with E-state index < -0.39 is 6.04 Å². The van der Waals surface area contributed by atoms with Crippen LogP contribution in [0.5, 0.6) is 0 Å². The van der Waals surface area contributed by atoms with E-state index in [-0.39, 0.29) is 12.6 Å². The summed E-state index contributed by atoms with van der Waals surface area (Å²) in [5, 5.41) is 4.57. The molecule has 0 aliphatic heterocycles. The van der Waals surface area contributed by atoms with Crippen LogP contribution in [0.3, 0.4) is 0 Å². The summed E-state index contributed by atoms with van der Waals surface area (Å²) in [6.07, 6.45) is 5.02. The lowest BCUT2D eigenvalue weighted by Gasteiger charge is -2.17. The fraction of sp³-hybridized carbons (Fsp3) is 0.172. The Kier molecular flexibility index (Phi) is 7.01. The highest BCUT2D eigenvalue weighted by molar-refractivity contribution is 5.83. The van der Waals surface area contributed by atoms with E-state index in [9.17, 15) is 4.79 Å². The van der Waals surface area contributed by atoms with Gasteiger partial charge in [-0.25, -0.2) is 4.98 Å². The topological polar surface area (TPSA) is 82.8 Å². The number of nitrogens with one attached hydrogen (secondary N) is 3. The van der Waals surface area contributed by atoms with Crippen molar-refractivity contribution in [1.29, 1.82) is 0 Å². The van der Waals surface area contributed by atoms with Gasteiger partial charge < -0.3 is 20.0 Å². The van der Waals surface area contributed by atoms with Crippen molar-refractivity contribution in [3.63, 3.8) is 0 Å². The number of aryl methyl sites for hydroxylation is 1. The number of H-pyrrole nitrogens is 2. The molecule has 0 spiro atoms. The van der Waals surface area contributed by atoms with Gasteiger partial charge >= 0.3 is 5.97 Å². The molecule has 0 saturated heterocycles. The van der Waals surface area contributed by atoms with Gasteiger partial charge in [0.2, 0.25) is 0 Å². The van der Waals surface area contributed by atoms with Crippen LogP contribution in [0.15, 0.2) is 97.3 Å². The molecule has 6 nitrogen and oxygen atoms in total. The molecule has 5 aromatic rings. The fourth-order valence-electron chi connectivity index (χ4n) is 4.18. The van der Waals surface area contributed by atoms with E-state index in [4.69, 9.17) is 4.74 Å². The van der Waals surface area contributed by atoms with Gasteiger partial charge in [0.15, 0.2) is 0 Å². The first-order valence-corrected chi connectivity index (χ1v) is 11.8. The molecule has 0 fully saturated rings. The van der Waals surface area contributed by atoms with Gasteiger partial charge in [-0.1, -0.05) is 78.9 Å². The van der Waals surface area contributed by atoms with Gasteiger partial charge in [0, 0.05) is 30.1 Å². The summed E-state index contributed by atoms with van der Waals surface area (Å²) in [6.45, 7) is 0.812. The normalized spacial score (nSPS) is 12.0. The standard InChI is InChI=1S/C29H28N4O2/c34-29(35-20-21-9-3-1-4-10-21)26(31-18-23-17-30-25-14-8-7-13-24(23)25)15-16-28-32-19-27(33-28)22-11-5-2-6-12-22/h1-14,17,19,26,30-31H,15-16,18,20H2,(H,32,33). The smallest absolute Gasteiger partial charge is 0.323 e. The molecule has 6 heteroatoms. The molecule has 2 aromatic heterocycles. The Morgan fingerprint density at radius 2 is 1.69 bits per heavy atom. The second-order valence-corrected chi connectivity index (χ2v) is 8.53. The van der Waals surface area contributed by atoms with E-state index in [1.165, 1.54) is 0 Å². The molecule has 0 bridgehead atoms. The lowest BCUT2D eigenvalue weighted by molar-refractivity contribution is -0.147. The predicted molar refractivity (Wildman–Crippen MR) is 138 cm³/mol. The highest BCUT2D eigenvalue weighted by Gasteiger charge is 2.21. The summed E-state index contributed by atoms with van der Waals surface area (Å²) in [5.41, 5.74) is 5.22. The maximum absolute atomic E-state index is 13.1. The fourth-order valence-corrected chi connectivity index (χ4v) is 4.18. The van der Waals surface area contributed by atoms with E-state index in [1.807, 2.05) is 91.3 Å². The van der Waals surface area contributed by atoms with Gasteiger partial charge in [0.1, 0.15) is 18.5 Å². The van der Waals surface area contributed by atoms with Crippen molar-refractivity contribution in [1.82, 2.24) is 20.3 Å². The molecule has 0 saturated carbocycles. The molecular weight excluding hydrogens is 436 g/mol. The van der Waals surface area contributed by atoms with E-state index in [0.717, 1.165) is 39.1 Å². The van der Waals surface area contributed by atoms with Crippen molar-refractivity contribution in [3.8, 4) is 11.3 Å². The number of hydrogen-bond donors (Lipinski definition) is 3. The number of imidazole rings is 1. The molecule has 35 heavy (non-hydrogen) atoms. The summed E-state index contributed by atoms with van der Waals surface area (Å²) in [7, 11) is 0. The Bertz CT molecular complexity index is 1380. The first-order valence-electron chi connectivity index (χ1n) is 11.8. The van der Waals surface area contributed by atoms with Crippen LogP contribution in [0.2, 0.25) is 0 Å². The van der Waals surface area contributed by atoms with Crippen molar-refractivity contribution in [2.45, 2.75) is 32.0 Å². The molecule has 5 rings (SSSR count). The van der Waals surface area contributed by atoms with Gasteiger partial charge in [-0.2, -0.15) is 0 Å². The molecule has 0 aliphatic rings. The lowest BCUT2D eigenvalue weighted by atomic mass is 10.1. The van der Waals surface area contributed by atoms with Gasteiger partial charge in [0.05, 0.1) is 11.9 Å². The maximum atomic E-state index is 13.1. The molecule has 0 radical (unpaired) electrons. The van der Waals surface area contributed by atoms with Crippen LogP contribution in [-0.4, -0.2) is 27.0 Å². The zero-order chi connectivity index (χ0) is 23.9. The third-order valence-electron chi connectivity index (χ3n) is 6.11. The molecule has 3 N–H and O–H groups in total. The summed E-state index contributed by atoms with van der Waals surface area (Å²) < 4.78 is 5.67. The van der Waals surface area contributed by atoms with Crippen LogP contribution in [0.1, 0.15) is 23.4 Å². The Morgan fingerprint density at radius 1 is 0.943 bits per heavy atom. The van der Waals surface area contributed by atoms with Crippen LogP contribution >= 0.6 is 0 Å². The average molecular weight is 465 g/mol. The average Bonchev–Trinajstić information content (AvgIpc) is 3.56. The van der Waals surface area contributed by atoms with Crippen LogP contribution < -0.4 is 5.32 Å². The molecule has 176 valence electrons. The molecule has 0 aliphatic carbocycles. The van der Waals surface area contributed by atoms with Gasteiger partial charge in [-0.05, 0) is 29.2 Å². The monoisotopic (exact) mass is 464 g/mol. The molecular formula is C29H28N4O2. The molecule has 3 aromatic carbocycles. The molecule has 1 unspecified atom stereocenters.